The zero-order valence-electron chi connectivity index (χ0n) is 18.8. The smallest absolute Gasteiger partial charge is 0.330 e. The van der Waals surface area contributed by atoms with E-state index in [0.29, 0.717) is 0 Å². The van der Waals surface area contributed by atoms with Crippen LogP contribution in [0.2, 0.25) is 18.1 Å². The molecule has 0 aromatic rings. The first-order chi connectivity index (χ1) is 13.1. The van der Waals surface area contributed by atoms with Gasteiger partial charge in [-0.3, -0.25) is 0 Å². The van der Waals surface area contributed by atoms with Gasteiger partial charge in [0.25, 0.3) is 0 Å². The minimum Gasteiger partial charge on any atom is -0.459 e. The fourth-order valence-corrected chi connectivity index (χ4v) is 6.49. The molecule has 0 amide bonds. The Kier molecular flexibility index (Phi) is 9.88. The molecule has 0 unspecified atom stereocenters. The van der Waals surface area contributed by atoms with E-state index in [4.69, 9.17) is 9.16 Å². The summed E-state index contributed by atoms with van der Waals surface area (Å²) < 4.78 is 12.3. The van der Waals surface area contributed by atoms with Crippen LogP contribution in [0, 0.1) is 5.92 Å². The number of hydrogen-bond acceptors (Lipinski definition) is 4. The Morgan fingerprint density at radius 3 is 2.39 bits per heavy atom. The van der Waals surface area contributed by atoms with Gasteiger partial charge in [0, 0.05) is 6.08 Å². The van der Waals surface area contributed by atoms with Crippen LogP contribution >= 0.6 is 0 Å². The lowest BCUT2D eigenvalue weighted by Gasteiger charge is -2.37. The number of carbonyl (C=O) groups is 1. The third kappa shape index (κ3) is 7.34. The summed E-state index contributed by atoms with van der Waals surface area (Å²) in [7, 11) is -1.92. The molecular formula is C23H40O4Si. The minimum atomic E-state index is -1.92. The molecule has 0 bridgehead atoms. The molecule has 28 heavy (non-hydrogen) atoms. The summed E-state index contributed by atoms with van der Waals surface area (Å²) in [5.41, 5.74) is 0.175. The lowest BCUT2D eigenvalue weighted by Crippen LogP contribution is -2.44. The van der Waals surface area contributed by atoms with Crippen LogP contribution in [0.1, 0.15) is 61.3 Å². The fourth-order valence-electron chi connectivity index (χ4n) is 3.49. The van der Waals surface area contributed by atoms with Crippen LogP contribution in [0.5, 0.6) is 0 Å². The van der Waals surface area contributed by atoms with Crippen molar-refractivity contribution in [1.29, 1.82) is 0 Å². The van der Waals surface area contributed by atoms with Crippen LogP contribution in [0.4, 0.5) is 0 Å². The van der Waals surface area contributed by atoms with Gasteiger partial charge >= 0.3 is 5.97 Å². The number of allylic oxidation sites excluding steroid dienone is 1. The minimum absolute atomic E-state index is 0.156. The van der Waals surface area contributed by atoms with E-state index >= 15 is 0 Å². The van der Waals surface area contributed by atoms with Crippen molar-refractivity contribution in [2.75, 3.05) is 0 Å². The second-order valence-corrected chi connectivity index (χ2v) is 13.0. The Balaban J connectivity index is 3.27. The monoisotopic (exact) mass is 408 g/mol. The Morgan fingerprint density at radius 1 is 1.21 bits per heavy atom. The van der Waals surface area contributed by atoms with Gasteiger partial charge < -0.3 is 14.3 Å². The van der Waals surface area contributed by atoms with Gasteiger partial charge in [-0.15, -0.1) is 0 Å². The molecule has 0 aromatic heterocycles. The van der Waals surface area contributed by atoms with Gasteiger partial charge in [-0.1, -0.05) is 45.9 Å². The number of esters is 1. The Labute approximate surface area is 172 Å². The lowest BCUT2D eigenvalue weighted by atomic mass is 9.97. The Bertz CT molecular complexity index is 583. The first kappa shape index (κ1) is 24.9. The van der Waals surface area contributed by atoms with Crippen molar-refractivity contribution in [2.45, 2.75) is 97.2 Å². The predicted octanol–water partition coefficient (Wildman–Crippen LogP) is 5.55. The SMILES string of the molecule is CC[Si](CC)(CC)O[C@@]1(C)/C=C/C(=O)O[C@H](C)[C@@H](C)CC/C=C(\C)[C@@H](O)/C=C/1. The molecule has 1 heterocycles. The second-order valence-electron chi connectivity index (χ2n) is 8.31. The van der Waals surface area contributed by atoms with Crippen molar-refractivity contribution in [2.24, 2.45) is 5.92 Å². The van der Waals surface area contributed by atoms with Gasteiger partial charge in [0.2, 0.25) is 0 Å². The van der Waals surface area contributed by atoms with Gasteiger partial charge in [-0.2, -0.15) is 0 Å². The van der Waals surface area contributed by atoms with Crippen molar-refractivity contribution in [3.05, 3.63) is 36.0 Å². The van der Waals surface area contributed by atoms with E-state index < -0.39 is 20.0 Å². The zero-order valence-corrected chi connectivity index (χ0v) is 19.8. The van der Waals surface area contributed by atoms with Gasteiger partial charge in [-0.05, 0) is 69.3 Å². The number of carbonyl (C=O) groups excluding carboxylic acids is 1. The van der Waals surface area contributed by atoms with Crippen molar-refractivity contribution in [3.63, 3.8) is 0 Å². The van der Waals surface area contributed by atoms with Crippen LogP contribution < -0.4 is 0 Å². The molecule has 1 N–H and O–H groups in total. The van der Waals surface area contributed by atoms with Crippen molar-refractivity contribution < 1.29 is 19.1 Å². The van der Waals surface area contributed by atoms with Crippen LogP contribution in [0.15, 0.2) is 36.0 Å². The first-order valence-corrected chi connectivity index (χ1v) is 13.3. The summed E-state index contributed by atoms with van der Waals surface area (Å²) in [4.78, 5) is 12.3. The summed E-state index contributed by atoms with van der Waals surface area (Å²) in [5.74, 6) is -0.0938. The maximum atomic E-state index is 12.3. The largest absolute Gasteiger partial charge is 0.459 e. The van der Waals surface area contributed by atoms with E-state index in [2.05, 4.69) is 33.8 Å². The molecule has 4 nitrogen and oxygen atoms in total. The highest BCUT2D eigenvalue weighted by Gasteiger charge is 2.36. The average Bonchev–Trinajstić information content (AvgIpc) is 2.68. The molecule has 1 aliphatic heterocycles. The molecule has 0 aliphatic carbocycles. The van der Waals surface area contributed by atoms with E-state index in [1.54, 1.807) is 12.2 Å². The van der Waals surface area contributed by atoms with Crippen LogP contribution in [-0.4, -0.2) is 37.2 Å². The van der Waals surface area contributed by atoms with E-state index in [9.17, 15) is 9.90 Å². The molecule has 5 heteroatoms. The van der Waals surface area contributed by atoms with E-state index in [-0.39, 0.29) is 18.0 Å². The number of hydrogen-bond donors (Lipinski definition) is 1. The van der Waals surface area contributed by atoms with Crippen molar-refractivity contribution in [3.8, 4) is 0 Å². The lowest BCUT2D eigenvalue weighted by molar-refractivity contribution is -0.144. The van der Waals surface area contributed by atoms with Gasteiger partial charge in [-0.25, -0.2) is 4.79 Å². The molecule has 0 aromatic carbocycles. The van der Waals surface area contributed by atoms with Crippen LogP contribution in [0.25, 0.3) is 0 Å². The van der Waals surface area contributed by atoms with Gasteiger partial charge in [0.15, 0.2) is 8.32 Å². The fraction of sp³-hybridized carbons (Fsp3) is 0.696. The van der Waals surface area contributed by atoms with E-state index in [1.807, 2.05) is 26.8 Å². The zero-order chi connectivity index (χ0) is 21.4. The van der Waals surface area contributed by atoms with Crippen LogP contribution in [-0.2, 0) is 14.0 Å². The van der Waals surface area contributed by atoms with Crippen molar-refractivity contribution in [1.82, 2.24) is 0 Å². The number of aliphatic hydroxyl groups is 1. The first-order valence-electron chi connectivity index (χ1n) is 10.7. The maximum absolute atomic E-state index is 12.3. The third-order valence-electron chi connectivity index (χ3n) is 6.19. The number of aliphatic hydroxyl groups excluding tert-OH is 1. The van der Waals surface area contributed by atoms with E-state index in [1.165, 1.54) is 6.08 Å². The molecule has 1 aliphatic rings. The molecule has 0 saturated heterocycles. The quantitative estimate of drug-likeness (QED) is 0.368. The summed E-state index contributed by atoms with van der Waals surface area (Å²) in [6, 6.07) is 3.03. The summed E-state index contributed by atoms with van der Waals surface area (Å²) >= 11 is 0. The summed E-state index contributed by atoms with van der Waals surface area (Å²) in [6.07, 6.45) is 9.95. The molecule has 0 spiro atoms. The molecule has 160 valence electrons. The van der Waals surface area contributed by atoms with Gasteiger partial charge in [0.05, 0.1) is 11.7 Å². The highest BCUT2D eigenvalue weighted by molar-refractivity contribution is 6.73. The number of rotatable bonds is 5. The normalized spacial score (nSPS) is 34.6. The van der Waals surface area contributed by atoms with Crippen LogP contribution in [0.3, 0.4) is 0 Å². The summed E-state index contributed by atoms with van der Waals surface area (Å²) in [5, 5.41) is 10.5. The standard InChI is InChI=1S/C23H40O4Si/c1-8-28(9-2,10-3)27-23(7)16-14-21(24)19(5)13-11-12-18(4)20(6)26-22(25)15-17-23/h13-18,20-21,24H,8-12H2,1-7H3/b16-14+,17-15+,19-13+/t18-,20+,21-,23+/m0/s1. The molecular weight excluding hydrogens is 368 g/mol. The Morgan fingerprint density at radius 2 is 1.82 bits per heavy atom. The average molecular weight is 409 g/mol. The van der Waals surface area contributed by atoms with Gasteiger partial charge in [0.1, 0.15) is 6.10 Å². The number of cyclic esters (lactones) is 1. The highest BCUT2D eigenvalue weighted by Crippen LogP contribution is 2.30. The maximum Gasteiger partial charge on any atom is 0.330 e. The summed E-state index contributed by atoms with van der Waals surface area (Å²) in [6.45, 7) is 14.5. The topological polar surface area (TPSA) is 55.8 Å². The molecule has 0 fully saturated rings. The molecule has 1 rings (SSSR count). The highest BCUT2D eigenvalue weighted by atomic mass is 28.4. The predicted molar refractivity (Wildman–Crippen MR) is 119 cm³/mol. The molecule has 4 atom stereocenters. The number of ether oxygens (including phenoxy) is 1. The third-order valence-corrected chi connectivity index (χ3v) is 10.9. The molecule has 0 radical (unpaired) electrons. The Hall–Kier alpha value is -1.17. The second kappa shape index (κ2) is 11.1. The molecule has 0 saturated carbocycles. The van der Waals surface area contributed by atoms with E-state index in [0.717, 1.165) is 36.5 Å². The van der Waals surface area contributed by atoms with Crippen molar-refractivity contribution >= 4 is 14.3 Å².